The summed E-state index contributed by atoms with van der Waals surface area (Å²) in [6.45, 7) is 12.4. The summed E-state index contributed by atoms with van der Waals surface area (Å²) in [6, 6.07) is 0. The van der Waals surface area contributed by atoms with Crippen LogP contribution in [0.3, 0.4) is 0 Å². The Morgan fingerprint density at radius 3 is 2.60 bits per heavy atom. The lowest BCUT2D eigenvalue weighted by atomic mass is 9.75. The first-order valence-electron chi connectivity index (χ1n) is 9.54. The summed E-state index contributed by atoms with van der Waals surface area (Å²) in [4.78, 5) is 12.3. The maximum Gasteiger partial charge on any atom is 0.508 e. The summed E-state index contributed by atoms with van der Waals surface area (Å²) in [7, 11) is 0. The molecule has 4 unspecified atom stereocenters. The van der Waals surface area contributed by atoms with Crippen LogP contribution in [0.25, 0.3) is 0 Å². The van der Waals surface area contributed by atoms with Crippen molar-refractivity contribution >= 4 is 6.16 Å². The van der Waals surface area contributed by atoms with Gasteiger partial charge in [-0.05, 0) is 50.4 Å². The number of ether oxygens (including phenoxy) is 2. The number of hydrazine groups is 1. The molecule has 2 aliphatic rings. The monoisotopic (exact) mass is 350 g/mol. The van der Waals surface area contributed by atoms with Crippen molar-refractivity contribution in [2.45, 2.75) is 78.4 Å². The Kier molecular flexibility index (Phi) is 6.94. The van der Waals surface area contributed by atoms with Crippen LogP contribution in [0.4, 0.5) is 4.79 Å². The first-order valence-corrected chi connectivity index (χ1v) is 9.54. The van der Waals surface area contributed by atoms with Crippen molar-refractivity contribution in [3.63, 3.8) is 0 Å². The highest BCUT2D eigenvalue weighted by Crippen LogP contribution is 2.35. The first kappa shape index (κ1) is 19.8. The van der Waals surface area contributed by atoms with Gasteiger partial charge in [-0.15, -0.1) is 0 Å². The molecule has 0 saturated heterocycles. The summed E-state index contributed by atoms with van der Waals surface area (Å²) in [6.07, 6.45) is 6.83. The Morgan fingerprint density at radius 2 is 2.04 bits per heavy atom. The summed E-state index contributed by atoms with van der Waals surface area (Å²) in [5.74, 6) is 7.50. The molecule has 0 aromatic carbocycles. The van der Waals surface area contributed by atoms with E-state index in [-0.39, 0.29) is 12.2 Å². The second-order valence-corrected chi connectivity index (χ2v) is 8.05. The smallest absolute Gasteiger partial charge is 0.431 e. The van der Waals surface area contributed by atoms with Crippen molar-refractivity contribution in [3.05, 3.63) is 24.0 Å². The predicted octanol–water partition coefficient (Wildman–Crippen LogP) is 4.75. The standard InChI is InChI=1S/C20H34N2O3/c1-13(2)18-11-6-15(5)12-19(18)25-20(23)24-17-9-7-16(8-10-17)22(21)14(3)4/h7,13,15,17-19H,3,6,8-12,21H2,1-2,4-5H3. The van der Waals surface area contributed by atoms with Gasteiger partial charge in [0.1, 0.15) is 12.2 Å². The molecule has 0 bridgehead atoms. The van der Waals surface area contributed by atoms with Crippen LogP contribution in [0.15, 0.2) is 24.0 Å². The van der Waals surface area contributed by atoms with E-state index in [2.05, 4.69) is 27.4 Å². The zero-order valence-electron chi connectivity index (χ0n) is 16.2. The summed E-state index contributed by atoms with van der Waals surface area (Å²) in [5, 5.41) is 1.60. The van der Waals surface area contributed by atoms with E-state index in [9.17, 15) is 4.79 Å². The lowest BCUT2D eigenvalue weighted by Gasteiger charge is -2.36. The van der Waals surface area contributed by atoms with E-state index in [1.165, 1.54) is 6.42 Å². The molecule has 0 aliphatic heterocycles. The van der Waals surface area contributed by atoms with Gasteiger partial charge in [-0.1, -0.05) is 39.8 Å². The molecule has 0 aromatic heterocycles. The number of carbonyl (C=O) groups excluding carboxylic acids is 1. The van der Waals surface area contributed by atoms with E-state index in [1.807, 2.05) is 13.0 Å². The van der Waals surface area contributed by atoms with Crippen LogP contribution in [0.2, 0.25) is 0 Å². The summed E-state index contributed by atoms with van der Waals surface area (Å²) < 4.78 is 11.3. The molecule has 5 nitrogen and oxygen atoms in total. The normalized spacial score (nSPS) is 29.8. The molecule has 5 heteroatoms. The number of rotatable bonds is 5. The van der Waals surface area contributed by atoms with Crippen LogP contribution in [0, 0.1) is 17.8 Å². The van der Waals surface area contributed by atoms with E-state index >= 15 is 0 Å². The topological polar surface area (TPSA) is 64.8 Å². The molecule has 142 valence electrons. The number of nitrogens with zero attached hydrogens (tertiary/aromatic N) is 1. The fourth-order valence-electron chi connectivity index (χ4n) is 3.90. The van der Waals surface area contributed by atoms with Crippen LogP contribution < -0.4 is 5.84 Å². The molecular weight excluding hydrogens is 316 g/mol. The van der Waals surface area contributed by atoms with E-state index in [0.29, 0.717) is 24.2 Å². The Balaban J connectivity index is 1.85. The minimum Gasteiger partial charge on any atom is -0.431 e. The summed E-state index contributed by atoms with van der Waals surface area (Å²) in [5.41, 5.74) is 1.83. The zero-order chi connectivity index (χ0) is 18.6. The molecule has 1 fully saturated rings. The highest BCUT2D eigenvalue weighted by molar-refractivity contribution is 5.60. The molecular formula is C20H34N2O3. The van der Waals surface area contributed by atoms with Crippen molar-refractivity contribution in [3.8, 4) is 0 Å². The van der Waals surface area contributed by atoms with Crippen LogP contribution in [-0.4, -0.2) is 23.4 Å². The van der Waals surface area contributed by atoms with Gasteiger partial charge < -0.3 is 9.47 Å². The average Bonchev–Trinajstić information content (AvgIpc) is 2.54. The fourth-order valence-corrected chi connectivity index (χ4v) is 3.90. The second kappa shape index (κ2) is 8.75. The Morgan fingerprint density at radius 1 is 1.32 bits per heavy atom. The van der Waals surface area contributed by atoms with Crippen molar-refractivity contribution < 1.29 is 14.3 Å². The molecule has 4 atom stereocenters. The van der Waals surface area contributed by atoms with Gasteiger partial charge in [0, 0.05) is 17.8 Å². The number of carbonyl (C=O) groups is 1. The maximum atomic E-state index is 12.3. The molecule has 1 saturated carbocycles. The van der Waals surface area contributed by atoms with E-state index in [4.69, 9.17) is 15.3 Å². The van der Waals surface area contributed by atoms with Crippen LogP contribution >= 0.6 is 0 Å². The second-order valence-electron chi connectivity index (χ2n) is 8.05. The largest absolute Gasteiger partial charge is 0.508 e. The third kappa shape index (κ3) is 5.50. The SMILES string of the molecule is C=C(C)N(N)C1=CCC(OC(=O)OC2CC(C)CCC2C(C)C)CC1. The third-order valence-electron chi connectivity index (χ3n) is 5.53. The van der Waals surface area contributed by atoms with Crippen molar-refractivity contribution in [1.29, 1.82) is 0 Å². The number of hydrogen-bond donors (Lipinski definition) is 1. The molecule has 2 N–H and O–H groups in total. The van der Waals surface area contributed by atoms with Gasteiger partial charge in [0.15, 0.2) is 0 Å². The van der Waals surface area contributed by atoms with Gasteiger partial charge in [0.2, 0.25) is 0 Å². The fraction of sp³-hybridized carbons (Fsp3) is 0.750. The van der Waals surface area contributed by atoms with Gasteiger partial charge >= 0.3 is 6.16 Å². The molecule has 0 spiro atoms. The Hall–Kier alpha value is -1.49. The van der Waals surface area contributed by atoms with E-state index in [1.54, 1.807) is 5.01 Å². The van der Waals surface area contributed by atoms with Crippen LogP contribution in [0.5, 0.6) is 0 Å². The molecule has 0 radical (unpaired) electrons. The van der Waals surface area contributed by atoms with Crippen LogP contribution in [0.1, 0.15) is 66.2 Å². The molecule has 25 heavy (non-hydrogen) atoms. The quantitative estimate of drug-likeness (QED) is 0.440. The number of hydrogen-bond acceptors (Lipinski definition) is 5. The number of allylic oxidation sites excluding steroid dienone is 2. The van der Waals surface area contributed by atoms with Gasteiger partial charge in [0.25, 0.3) is 0 Å². The van der Waals surface area contributed by atoms with E-state index in [0.717, 1.165) is 37.1 Å². The lowest BCUT2D eigenvalue weighted by Crippen LogP contribution is -2.37. The molecule has 0 heterocycles. The molecule has 0 aromatic rings. The van der Waals surface area contributed by atoms with Crippen molar-refractivity contribution in [2.75, 3.05) is 0 Å². The van der Waals surface area contributed by atoms with E-state index < -0.39 is 6.16 Å². The highest BCUT2D eigenvalue weighted by Gasteiger charge is 2.34. The van der Waals surface area contributed by atoms with Crippen molar-refractivity contribution in [2.24, 2.45) is 23.6 Å². The third-order valence-corrected chi connectivity index (χ3v) is 5.53. The molecule has 0 amide bonds. The Labute approximate surface area is 152 Å². The van der Waals surface area contributed by atoms with Crippen LogP contribution in [-0.2, 0) is 9.47 Å². The van der Waals surface area contributed by atoms with Gasteiger partial charge in [0.05, 0.1) is 0 Å². The maximum absolute atomic E-state index is 12.3. The highest BCUT2D eigenvalue weighted by atomic mass is 16.7. The predicted molar refractivity (Wildman–Crippen MR) is 99.3 cm³/mol. The van der Waals surface area contributed by atoms with Gasteiger partial charge in [-0.25, -0.2) is 10.6 Å². The van der Waals surface area contributed by atoms with Crippen molar-refractivity contribution in [1.82, 2.24) is 5.01 Å². The minimum atomic E-state index is -0.517. The minimum absolute atomic E-state index is 0.0195. The average molecular weight is 351 g/mol. The summed E-state index contributed by atoms with van der Waals surface area (Å²) >= 11 is 0. The molecule has 2 aliphatic carbocycles. The lowest BCUT2D eigenvalue weighted by molar-refractivity contribution is -0.0466. The number of nitrogens with two attached hydrogens (primary N) is 1. The molecule has 2 rings (SSSR count). The van der Waals surface area contributed by atoms with Gasteiger partial charge in [-0.3, -0.25) is 5.01 Å². The zero-order valence-corrected chi connectivity index (χ0v) is 16.2. The van der Waals surface area contributed by atoms with Gasteiger partial charge in [-0.2, -0.15) is 0 Å². The Bertz CT molecular complexity index is 515. The first-order chi connectivity index (χ1) is 11.8.